The van der Waals surface area contributed by atoms with Gasteiger partial charge in [0.2, 0.25) is 0 Å². The van der Waals surface area contributed by atoms with Crippen molar-refractivity contribution < 1.29 is 9.53 Å². The summed E-state index contributed by atoms with van der Waals surface area (Å²) in [7, 11) is 1.90. The largest absolute Gasteiger partial charge is 0.462 e. The molecule has 2 rings (SSSR count). The van der Waals surface area contributed by atoms with Crippen LogP contribution in [0.5, 0.6) is 0 Å². The molecule has 5 nitrogen and oxygen atoms in total. The topological polar surface area (TPSA) is 70.1 Å². The summed E-state index contributed by atoms with van der Waals surface area (Å²) in [6, 6.07) is 5.10. The van der Waals surface area contributed by atoms with Crippen molar-refractivity contribution in [1.82, 2.24) is 9.55 Å². The lowest BCUT2D eigenvalue weighted by Gasteiger charge is -2.08. The molecule has 2 aromatic rings. The predicted molar refractivity (Wildman–Crippen MR) is 74.1 cm³/mol. The third-order valence-corrected chi connectivity index (χ3v) is 3.65. The summed E-state index contributed by atoms with van der Waals surface area (Å²) in [5, 5.41) is 0.813. The van der Waals surface area contributed by atoms with E-state index in [0.29, 0.717) is 17.9 Å². The maximum absolute atomic E-state index is 11.7. The van der Waals surface area contributed by atoms with Crippen LogP contribution in [0.25, 0.3) is 0 Å². The standard InChI is InChI=1S/C13H15N3O2S/c1-3-18-12(17)9-4-5-10(14)11(8-9)19-13-15-6-7-16(13)2/h4-8H,3,14H2,1-2H3. The zero-order valence-corrected chi connectivity index (χ0v) is 11.6. The predicted octanol–water partition coefficient (Wildman–Crippen LogP) is 2.33. The van der Waals surface area contributed by atoms with E-state index in [1.807, 2.05) is 17.8 Å². The van der Waals surface area contributed by atoms with Gasteiger partial charge in [-0.3, -0.25) is 0 Å². The number of esters is 1. The monoisotopic (exact) mass is 277 g/mol. The number of benzene rings is 1. The molecule has 0 amide bonds. The number of anilines is 1. The Bertz CT molecular complexity index is 595. The van der Waals surface area contributed by atoms with Gasteiger partial charge in [-0.15, -0.1) is 0 Å². The summed E-state index contributed by atoms with van der Waals surface area (Å²) in [5.74, 6) is -0.343. The number of nitrogens with zero attached hydrogens (tertiary/aromatic N) is 2. The summed E-state index contributed by atoms with van der Waals surface area (Å²) in [6.07, 6.45) is 3.57. The fraction of sp³-hybridized carbons (Fsp3) is 0.231. The van der Waals surface area contributed by atoms with Gasteiger partial charge in [0.05, 0.1) is 12.2 Å². The first-order valence-corrected chi connectivity index (χ1v) is 6.65. The molecule has 19 heavy (non-hydrogen) atoms. The van der Waals surface area contributed by atoms with Gasteiger partial charge in [-0.05, 0) is 36.9 Å². The first kappa shape index (κ1) is 13.5. The van der Waals surface area contributed by atoms with Crippen molar-refractivity contribution in [2.45, 2.75) is 17.0 Å². The van der Waals surface area contributed by atoms with E-state index < -0.39 is 0 Å². The van der Waals surface area contributed by atoms with Crippen LogP contribution in [-0.2, 0) is 11.8 Å². The minimum absolute atomic E-state index is 0.343. The molecule has 100 valence electrons. The van der Waals surface area contributed by atoms with E-state index in [0.717, 1.165) is 10.1 Å². The van der Waals surface area contributed by atoms with Crippen LogP contribution in [-0.4, -0.2) is 22.1 Å². The van der Waals surface area contributed by atoms with E-state index >= 15 is 0 Å². The lowest BCUT2D eigenvalue weighted by Crippen LogP contribution is -2.05. The zero-order chi connectivity index (χ0) is 13.8. The van der Waals surface area contributed by atoms with Crippen LogP contribution in [0.1, 0.15) is 17.3 Å². The van der Waals surface area contributed by atoms with Crippen LogP contribution >= 0.6 is 11.8 Å². The van der Waals surface area contributed by atoms with Crippen molar-refractivity contribution >= 4 is 23.4 Å². The summed E-state index contributed by atoms with van der Waals surface area (Å²) in [4.78, 5) is 16.7. The number of carbonyl (C=O) groups excluding carboxylic acids is 1. The molecule has 0 unspecified atom stereocenters. The molecule has 1 heterocycles. The third-order valence-electron chi connectivity index (χ3n) is 2.50. The average molecular weight is 277 g/mol. The summed E-state index contributed by atoms with van der Waals surface area (Å²) < 4.78 is 6.86. The van der Waals surface area contributed by atoms with Crippen LogP contribution in [0.3, 0.4) is 0 Å². The molecule has 0 aliphatic rings. The van der Waals surface area contributed by atoms with E-state index in [4.69, 9.17) is 10.5 Å². The Hall–Kier alpha value is -1.95. The Balaban J connectivity index is 2.27. The number of carbonyl (C=O) groups is 1. The Morgan fingerprint density at radius 3 is 2.95 bits per heavy atom. The maximum Gasteiger partial charge on any atom is 0.338 e. The lowest BCUT2D eigenvalue weighted by molar-refractivity contribution is 0.0526. The molecule has 0 bridgehead atoms. The van der Waals surface area contributed by atoms with Gasteiger partial charge in [-0.1, -0.05) is 0 Å². The number of nitrogens with two attached hydrogens (primary N) is 1. The second kappa shape index (κ2) is 5.79. The van der Waals surface area contributed by atoms with Gasteiger partial charge in [-0.2, -0.15) is 0 Å². The Kier molecular flexibility index (Phi) is 4.11. The van der Waals surface area contributed by atoms with E-state index in [1.54, 1.807) is 31.3 Å². The molecule has 0 saturated heterocycles. The number of rotatable bonds is 4. The molecule has 1 aromatic carbocycles. The van der Waals surface area contributed by atoms with Gasteiger partial charge >= 0.3 is 5.97 Å². The second-order valence-electron chi connectivity index (χ2n) is 3.90. The molecule has 0 atom stereocenters. The normalized spacial score (nSPS) is 10.4. The van der Waals surface area contributed by atoms with Gasteiger partial charge in [0.25, 0.3) is 0 Å². The molecule has 0 spiro atoms. The number of hydrogen-bond acceptors (Lipinski definition) is 5. The number of hydrogen-bond donors (Lipinski definition) is 1. The molecule has 1 aromatic heterocycles. The molecule has 6 heteroatoms. The van der Waals surface area contributed by atoms with Gasteiger partial charge < -0.3 is 15.0 Å². The highest BCUT2D eigenvalue weighted by atomic mass is 32.2. The SMILES string of the molecule is CCOC(=O)c1ccc(N)c(Sc2nccn2C)c1. The van der Waals surface area contributed by atoms with Crippen molar-refractivity contribution in [3.05, 3.63) is 36.2 Å². The Morgan fingerprint density at radius 1 is 1.53 bits per heavy atom. The minimum Gasteiger partial charge on any atom is -0.462 e. The summed E-state index contributed by atoms with van der Waals surface area (Å²) in [6.45, 7) is 2.13. The molecule has 2 N–H and O–H groups in total. The van der Waals surface area contributed by atoms with Gasteiger partial charge in [0.1, 0.15) is 0 Å². The van der Waals surface area contributed by atoms with Gasteiger partial charge in [0.15, 0.2) is 5.16 Å². The summed E-state index contributed by atoms with van der Waals surface area (Å²) >= 11 is 1.42. The van der Waals surface area contributed by atoms with Crippen LogP contribution in [0.15, 0.2) is 40.6 Å². The highest BCUT2D eigenvalue weighted by Crippen LogP contribution is 2.31. The molecule has 0 aliphatic heterocycles. The molecule has 0 radical (unpaired) electrons. The van der Waals surface area contributed by atoms with Gasteiger partial charge in [0, 0.05) is 30.0 Å². The third kappa shape index (κ3) is 3.08. The zero-order valence-electron chi connectivity index (χ0n) is 10.8. The highest BCUT2D eigenvalue weighted by molar-refractivity contribution is 7.99. The van der Waals surface area contributed by atoms with E-state index in [2.05, 4.69) is 4.98 Å². The number of aryl methyl sites for hydroxylation is 1. The number of imidazole rings is 1. The quantitative estimate of drug-likeness (QED) is 0.686. The summed E-state index contributed by atoms with van der Waals surface area (Å²) in [5.41, 5.74) is 7.03. The van der Waals surface area contributed by atoms with Gasteiger partial charge in [-0.25, -0.2) is 9.78 Å². The van der Waals surface area contributed by atoms with Crippen LogP contribution in [0, 0.1) is 0 Å². The highest BCUT2D eigenvalue weighted by Gasteiger charge is 2.11. The number of ether oxygens (including phenoxy) is 1. The number of nitrogen functional groups attached to an aromatic ring is 1. The van der Waals surface area contributed by atoms with Crippen molar-refractivity contribution in [2.24, 2.45) is 7.05 Å². The molecule has 0 saturated carbocycles. The van der Waals surface area contributed by atoms with Crippen LogP contribution < -0.4 is 5.73 Å². The maximum atomic E-state index is 11.7. The molecule has 0 aliphatic carbocycles. The van der Waals surface area contributed by atoms with Crippen LogP contribution in [0.4, 0.5) is 5.69 Å². The Labute approximate surface area is 115 Å². The fourth-order valence-electron chi connectivity index (χ4n) is 1.51. The second-order valence-corrected chi connectivity index (χ2v) is 4.90. The number of aromatic nitrogens is 2. The van der Waals surface area contributed by atoms with E-state index in [-0.39, 0.29) is 5.97 Å². The smallest absolute Gasteiger partial charge is 0.338 e. The lowest BCUT2D eigenvalue weighted by atomic mass is 10.2. The van der Waals surface area contributed by atoms with Crippen molar-refractivity contribution in [2.75, 3.05) is 12.3 Å². The first-order chi connectivity index (χ1) is 9.11. The molecule has 0 fully saturated rings. The van der Waals surface area contributed by atoms with Crippen molar-refractivity contribution in [3.8, 4) is 0 Å². The van der Waals surface area contributed by atoms with E-state index in [1.165, 1.54) is 11.8 Å². The fourth-order valence-corrected chi connectivity index (χ4v) is 2.40. The van der Waals surface area contributed by atoms with E-state index in [9.17, 15) is 4.79 Å². The average Bonchev–Trinajstić information content (AvgIpc) is 2.78. The molecular weight excluding hydrogens is 262 g/mol. The van der Waals surface area contributed by atoms with Crippen molar-refractivity contribution in [1.29, 1.82) is 0 Å². The Morgan fingerprint density at radius 2 is 2.32 bits per heavy atom. The first-order valence-electron chi connectivity index (χ1n) is 5.83. The van der Waals surface area contributed by atoms with Crippen molar-refractivity contribution in [3.63, 3.8) is 0 Å². The minimum atomic E-state index is -0.343. The molecular formula is C13H15N3O2S. The van der Waals surface area contributed by atoms with Crippen LogP contribution in [0.2, 0.25) is 0 Å².